The molecule has 1 aliphatic rings. The van der Waals surface area contributed by atoms with Crippen molar-refractivity contribution in [3.8, 4) is 6.07 Å². The van der Waals surface area contributed by atoms with E-state index in [1.54, 1.807) is 24.3 Å². The number of carbonyl (C=O) groups excluding carboxylic acids is 1. The third kappa shape index (κ3) is 3.99. The number of carbonyl (C=O) groups is 2. The van der Waals surface area contributed by atoms with Gasteiger partial charge in [0.1, 0.15) is 6.54 Å². The summed E-state index contributed by atoms with van der Waals surface area (Å²) in [5.74, 6) is -0.610. The molecule has 0 spiro atoms. The van der Waals surface area contributed by atoms with Gasteiger partial charge in [0, 0.05) is 12.2 Å². The lowest BCUT2D eigenvalue weighted by Crippen LogP contribution is -2.40. The highest BCUT2D eigenvalue weighted by Crippen LogP contribution is 2.29. The number of rotatable bonds is 5. The molecule has 0 atom stereocenters. The lowest BCUT2D eigenvalue weighted by molar-refractivity contribution is -0.137. The summed E-state index contributed by atoms with van der Waals surface area (Å²) in [7, 11) is 0. The van der Waals surface area contributed by atoms with Crippen molar-refractivity contribution in [2.75, 3.05) is 18.4 Å². The number of carboxylic acids is 1. The number of nitrogens with one attached hydrogen (secondary N) is 1. The maximum Gasteiger partial charge on any atom is 0.323 e. The summed E-state index contributed by atoms with van der Waals surface area (Å²) in [6.45, 7) is 0.160. The molecule has 0 aromatic heterocycles. The molecular weight excluding hydrogens is 258 g/mol. The molecule has 0 bridgehead atoms. The van der Waals surface area contributed by atoms with Gasteiger partial charge in [0.25, 0.3) is 0 Å². The Bertz CT molecular complexity index is 544. The van der Waals surface area contributed by atoms with Crippen molar-refractivity contribution in [1.29, 1.82) is 5.26 Å². The Hall–Kier alpha value is -2.55. The van der Waals surface area contributed by atoms with Crippen molar-refractivity contribution in [2.24, 2.45) is 5.92 Å². The molecule has 2 amide bonds. The van der Waals surface area contributed by atoms with E-state index >= 15 is 0 Å². The minimum Gasteiger partial charge on any atom is -0.480 e. The van der Waals surface area contributed by atoms with Gasteiger partial charge in [-0.25, -0.2) is 4.79 Å². The highest BCUT2D eigenvalue weighted by Gasteiger charge is 2.27. The SMILES string of the molecule is N#Cc1ccc(NC(=O)N(CC(=O)O)CC2CC2)cc1. The summed E-state index contributed by atoms with van der Waals surface area (Å²) in [6.07, 6.45) is 2.08. The van der Waals surface area contributed by atoms with Crippen LogP contribution in [0.3, 0.4) is 0 Å². The number of benzene rings is 1. The van der Waals surface area contributed by atoms with Crippen LogP contribution in [0.1, 0.15) is 18.4 Å². The lowest BCUT2D eigenvalue weighted by atomic mass is 10.2. The first-order valence-corrected chi connectivity index (χ1v) is 6.36. The van der Waals surface area contributed by atoms with Crippen LogP contribution in [0, 0.1) is 17.2 Å². The molecule has 20 heavy (non-hydrogen) atoms. The van der Waals surface area contributed by atoms with Crippen molar-refractivity contribution < 1.29 is 14.7 Å². The van der Waals surface area contributed by atoms with Gasteiger partial charge in [0.2, 0.25) is 0 Å². The first kappa shape index (κ1) is 13.9. The molecule has 1 fully saturated rings. The van der Waals surface area contributed by atoms with E-state index in [2.05, 4.69) is 5.32 Å². The van der Waals surface area contributed by atoms with Crippen LogP contribution in [-0.2, 0) is 4.79 Å². The van der Waals surface area contributed by atoms with Crippen molar-refractivity contribution in [3.05, 3.63) is 29.8 Å². The number of urea groups is 1. The fourth-order valence-corrected chi connectivity index (χ4v) is 1.83. The van der Waals surface area contributed by atoms with Gasteiger partial charge in [-0.3, -0.25) is 4.79 Å². The lowest BCUT2D eigenvalue weighted by Gasteiger charge is -2.21. The average Bonchev–Trinajstić information content (AvgIpc) is 3.22. The predicted octanol–water partition coefficient (Wildman–Crippen LogP) is 1.89. The monoisotopic (exact) mass is 273 g/mol. The highest BCUT2D eigenvalue weighted by molar-refractivity contribution is 5.91. The molecule has 0 radical (unpaired) electrons. The predicted molar refractivity (Wildman–Crippen MR) is 72.1 cm³/mol. The van der Waals surface area contributed by atoms with Crippen LogP contribution in [0.2, 0.25) is 0 Å². The maximum absolute atomic E-state index is 12.1. The third-order valence-corrected chi connectivity index (χ3v) is 3.05. The fraction of sp³-hybridized carbons (Fsp3) is 0.357. The molecule has 2 rings (SSSR count). The van der Waals surface area contributed by atoms with Gasteiger partial charge in [-0.2, -0.15) is 5.26 Å². The number of nitrogens with zero attached hydrogens (tertiary/aromatic N) is 2. The highest BCUT2D eigenvalue weighted by atomic mass is 16.4. The summed E-state index contributed by atoms with van der Waals surface area (Å²) >= 11 is 0. The normalized spacial score (nSPS) is 13.3. The molecule has 104 valence electrons. The average molecular weight is 273 g/mol. The molecule has 1 saturated carbocycles. The summed E-state index contributed by atoms with van der Waals surface area (Å²) in [5.41, 5.74) is 1.04. The van der Waals surface area contributed by atoms with Crippen LogP contribution >= 0.6 is 0 Å². The van der Waals surface area contributed by atoms with Gasteiger partial charge in [-0.05, 0) is 43.0 Å². The second-order valence-electron chi connectivity index (χ2n) is 4.84. The zero-order valence-electron chi connectivity index (χ0n) is 10.9. The smallest absolute Gasteiger partial charge is 0.323 e. The largest absolute Gasteiger partial charge is 0.480 e. The van der Waals surface area contributed by atoms with Crippen LogP contribution < -0.4 is 5.32 Å². The first-order chi connectivity index (χ1) is 9.58. The second-order valence-corrected chi connectivity index (χ2v) is 4.84. The molecule has 6 nitrogen and oxygen atoms in total. The van der Waals surface area contributed by atoms with Gasteiger partial charge in [0.05, 0.1) is 11.6 Å². The molecule has 0 unspecified atom stereocenters. The number of amides is 2. The zero-order chi connectivity index (χ0) is 14.5. The van der Waals surface area contributed by atoms with Crippen LogP contribution in [0.25, 0.3) is 0 Å². The quantitative estimate of drug-likeness (QED) is 0.856. The molecule has 1 aliphatic carbocycles. The van der Waals surface area contributed by atoms with E-state index in [4.69, 9.17) is 10.4 Å². The van der Waals surface area contributed by atoms with Crippen molar-refractivity contribution >= 4 is 17.7 Å². The molecule has 1 aromatic rings. The second kappa shape index (κ2) is 6.06. The summed E-state index contributed by atoms with van der Waals surface area (Å²) in [5, 5.41) is 20.2. The Balaban J connectivity index is 1.98. The zero-order valence-corrected chi connectivity index (χ0v) is 10.9. The maximum atomic E-state index is 12.1. The number of aliphatic carboxylic acids is 1. The van der Waals surface area contributed by atoms with E-state index in [1.807, 2.05) is 6.07 Å². The van der Waals surface area contributed by atoms with Gasteiger partial charge in [-0.1, -0.05) is 0 Å². The standard InChI is InChI=1S/C14H15N3O3/c15-7-10-3-5-12(6-4-10)16-14(20)17(9-13(18)19)8-11-1-2-11/h3-6,11H,1-2,8-9H2,(H,16,20)(H,18,19). The molecule has 2 N–H and O–H groups in total. The number of hydrogen-bond donors (Lipinski definition) is 2. The van der Waals surface area contributed by atoms with Crippen molar-refractivity contribution in [3.63, 3.8) is 0 Å². The molecule has 1 aromatic carbocycles. The Morgan fingerprint density at radius 2 is 2.00 bits per heavy atom. The number of anilines is 1. The number of hydrogen-bond acceptors (Lipinski definition) is 3. The van der Waals surface area contributed by atoms with Crippen LogP contribution in [0.5, 0.6) is 0 Å². The van der Waals surface area contributed by atoms with E-state index in [1.165, 1.54) is 4.90 Å². The first-order valence-electron chi connectivity index (χ1n) is 6.36. The summed E-state index contributed by atoms with van der Waals surface area (Å²) in [4.78, 5) is 24.2. The minimum atomic E-state index is -1.03. The van der Waals surface area contributed by atoms with Crippen LogP contribution in [0.4, 0.5) is 10.5 Å². The summed E-state index contributed by atoms with van der Waals surface area (Å²) in [6, 6.07) is 7.99. The van der Waals surface area contributed by atoms with Crippen LogP contribution in [0.15, 0.2) is 24.3 Å². The van der Waals surface area contributed by atoms with Gasteiger partial charge < -0.3 is 15.3 Å². The Labute approximate surface area is 116 Å². The minimum absolute atomic E-state index is 0.307. The van der Waals surface area contributed by atoms with Gasteiger partial charge in [-0.15, -0.1) is 0 Å². The topological polar surface area (TPSA) is 93.4 Å². The van der Waals surface area contributed by atoms with Crippen molar-refractivity contribution in [1.82, 2.24) is 4.90 Å². The van der Waals surface area contributed by atoms with E-state index in [9.17, 15) is 9.59 Å². The van der Waals surface area contributed by atoms with Gasteiger partial charge in [0.15, 0.2) is 0 Å². The van der Waals surface area contributed by atoms with E-state index in [-0.39, 0.29) is 6.54 Å². The molecular formula is C14H15N3O3. The number of nitriles is 1. The fourth-order valence-electron chi connectivity index (χ4n) is 1.83. The Morgan fingerprint density at radius 1 is 1.35 bits per heavy atom. The number of carboxylic acid groups (broad SMARTS) is 1. The van der Waals surface area contributed by atoms with Crippen LogP contribution in [-0.4, -0.2) is 35.1 Å². The summed E-state index contributed by atoms with van der Waals surface area (Å²) < 4.78 is 0. The van der Waals surface area contributed by atoms with E-state index < -0.39 is 12.0 Å². The molecule has 0 aliphatic heterocycles. The third-order valence-electron chi connectivity index (χ3n) is 3.05. The molecule has 0 heterocycles. The van der Waals surface area contributed by atoms with E-state index in [0.717, 1.165) is 12.8 Å². The van der Waals surface area contributed by atoms with E-state index in [0.29, 0.717) is 23.7 Å². The Morgan fingerprint density at radius 3 is 2.50 bits per heavy atom. The molecule has 0 saturated heterocycles. The van der Waals surface area contributed by atoms with Gasteiger partial charge >= 0.3 is 12.0 Å². The van der Waals surface area contributed by atoms with Crippen molar-refractivity contribution in [2.45, 2.75) is 12.8 Å². The molecule has 6 heteroatoms. The Kier molecular flexibility index (Phi) is 4.20.